The molecule has 336 valence electrons. The van der Waals surface area contributed by atoms with Crippen molar-refractivity contribution < 1.29 is 19.8 Å². The van der Waals surface area contributed by atoms with Crippen LogP contribution in [0.4, 0.5) is 0 Å². The van der Waals surface area contributed by atoms with E-state index in [1.165, 1.54) is 232 Å². The normalized spacial score (nSPS) is 11.2. The summed E-state index contributed by atoms with van der Waals surface area (Å²) in [4.78, 5) is 26.4. The van der Waals surface area contributed by atoms with E-state index in [0.29, 0.717) is 0 Å². The van der Waals surface area contributed by atoms with E-state index in [9.17, 15) is 19.8 Å². The van der Waals surface area contributed by atoms with E-state index in [0.717, 1.165) is 38.8 Å². The second-order valence-electron chi connectivity index (χ2n) is 17.2. The van der Waals surface area contributed by atoms with Crippen molar-refractivity contribution in [2.24, 2.45) is 0 Å². The summed E-state index contributed by atoms with van der Waals surface area (Å²) in [6.45, 7) is 16.0. The van der Waals surface area contributed by atoms with Crippen LogP contribution in [0.3, 0.4) is 0 Å². The fourth-order valence-corrected chi connectivity index (χ4v) is 7.76. The van der Waals surface area contributed by atoms with Crippen molar-refractivity contribution in [2.45, 2.75) is 272 Å². The van der Waals surface area contributed by atoms with Gasteiger partial charge in [-0.2, -0.15) is 0 Å². The van der Waals surface area contributed by atoms with Crippen LogP contribution in [0.15, 0.2) is 0 Å². The third-order valence-corrected chi connectivity index (χ3v) is 11.5. The number of hydrogen-bond acceptors (Lipinski definition) is 6. The number of carbonyl (C=O) groups is 2. The molecule has 0 spiro atoms. The first-order valence-electron chi connectivity index (χ1n) is 25.2. The Morgan fingerprint density at radius 2 is 0.439 bits per heavy atom. The van der Waals surface area contributed by atoms with Crippen LogP contribution in [0.25, 0.3) is 0 Å². The second kappa shape index (κ2) is 54.1. The molecule has 0 rings (SSSR count). The fourth-order valence-electron chi connectivity index (χ4n) is 7.76. The molecule has 0 aromatic carbocycles. The number of aliphatic carboxylic acids is 2. The summed E-state index contributed by atoms with van der Waals surface area (Å²) in [5, 5.41) is 21.2. The molecule has 0 unspecified atom stereocenters. The molecule has 0 N–H and O–H groups in total. The Balaban J connectivity index is -0.00000101. The maximum Gasteiger partial charge on any atom is 2.00 e. The van der Waals surface area contributed by atoms with Gasteiger partial charge in [-0.25, -0.2) is 0 Å². The number of hydrogen-bond donors (Lipinski definition) is 0. The molecule has 0 aromatic heterocycles. The Kier molecular flexibility index (Phi) is 58.3. The molecule has 0 fully saturated rings. The standard InChI is InChI=1S/2C25H51NO2.Ca/c2*1-3-5-7-9-11-13-15-18-22-26(24-20-17-21-25(27)28)23-19-16-14-12-10-8-6-4-2;/h2*3-24H2,1-2H3,(H,27,28);/q;;+2/p-2. The minimum atomic E-state index is -0.905. The van der Waals surface area contributed by atoms with Crippen molar-refractivity contribution in [1.29, 1.82) is 0 Å². The van der Waals surface area contributed by atoms with E-state index < -0.39 is 11.9 Å². The predicted molar refractivity (Wildman–Crippen MR) is 247 cm³/mol. The maximum absolute atomic E-state index is 10.6. The van der Waals surface area contributed by atoms with Crippen LogP contribution >= 0.6 is 0 Å². The monoisotopic (exact) mass is 833 g/mol. The third-order valence-electron chi connectivity index (χ3n) is 11.5. The summed E-state index contributed by atoms with van der Waals surface area (Å²) < 4.78 is 0. The van der Waals surface area contributed by atoms with E-state index >= 15 is 0 Å². The fraction of sp³-hybridized carbons (Fsp3) is 0.960. The summed E-state index contributed by atoms with van der Waals surface area (Å²) in [6.07, 6.45) is 47.6. The Labute approximate surface area is 387 Å². The summed E-state index contributed by atoms with van der Waals surface area (Å²) in [5.41, 5.74) is 0. The van der Waals surface area contributed by atoms with Gasteiger partial charge in [-0.15, -0.1) is 0 Å². The molecule has 0 aliphatic heterocycles. The van der Waals surface area contributed by atoms with E-state index in [1.54, 1.807) is 0 Å². The van der Waals surface area contributed by atoms with Gasteiger partial charge < -0.3 is 29.6 Å². The molecule has 0 aliphatic carbocycles. The summed E-state index contributed by atoms with van der Waals surface area (Å²) in [7, 11) is 0. The Morgan fingerprint density at radius 1 is 0.281 bits per heavy atom. The molecule has 0 amide bonds. The zero-order chi connectivity index (χ0) is 41.4. The summed E-state index contributed by atoms with van der Waals surface area (Å²) in [6, 6.07) is 0. The Hall–Kier alpha value is 0.120. The van der Waals surface area contributed by atoms with E-state index in [2.05, 4.69) is 37.5 Å². The zero-order valence-electron chi connectivity index (χ0n) is 39.3. The van der Waals surface area contributed by atoms with Crippen LogP contribution in [0.2, 0.25) is 0 Å². The number of rotatable bonds is 46. The van der Waals surface area contributed by atoms with Crippen LogP contribution in [-0.2, 0) is 9.59 Å². The van der Waals surface area contributed by atoms with Crippen molar-refractivity contribution >= 4 is 49.7 Å². The van der Waals surface area contributed by atoms with Gasteiger partial charge in [-0.3, -0.25) is 0 Å². The molecule has 0 saturated carbocycles. The largest absolute Gasteiger partial charge is 2.00 e. The maximum atomic E-state index is 10.6. The van der Waals surface area contributed by atoms with Crippen molar-refractivity contribution in [3.63, 3.8) is 0 Å². The van der Waals surface area contributed by atoms with Crippen LogP contribution < -0.4 is 10.2 Å². The number of unbranched alkanes of at least 4 members (excludes halogenated alkanes) is 30. The van der Waals surface area contributed by atoms with Crippen LogP contribution in [-0.4, -0.2) is 98.7 Å². The van der Waals surface area contributed by atoms with Crippen molar-refractivity contribution in [2.75, 3.05) is 39.3 Å². The van der Waals surface area contributed by atoms with E-state index in [-0.39, 0.29) is 50.6 Å². The number of carbonyl (C=O) groups excluding carboxylic acids is 2. The van der Waals surface area contributed by atoms with Crippen LogP contribution in [0, 0.1) is 0 Å². The number of carboxylic acid groups (broad SMARTS) is 2. The smallest absolute Gasteiger partial charge is 0.550 e. The van der Waals surface area contributed by atoms with Crippen molar-refractivity contribution in [3.8, 4) is 0 Å². The topological polar surface area (TPSA) is 86.7 Å². The summed E-state index contributed by atoms with van der Waals surface area (Å²) >= 11 is 0. The first-order chi connectivity index (χ1) is 27.4. The molecule has 0 bridgehead atoms. The molecule has 57 heavy (non-hydrogen) atoms. The average Bonchev–Trinajstić information content (AvgIpc) is 3.18. The molecular formula is C50H100CaN2O4. The minimum absolute atomic E-state index is 0. The molecule has 0 atom stereocenters. The Morgan fingerprint density at radius 3 is 0.614 bits per heavy atom. The molecule has 6 nitrogen and oxygen atoms in total. The third kappa shape index (κ3) is 56.1. The zero-order valence-corrected chi connectivity index (χ0v) is 41.6. The van der Waals surface area contributed by atoms with Gasteiger partial charge in [0.2, 0.25) is 0 Å². The first kappa shape index (κ1) is 61.4. The Bertz CT molecular complexity index is 669. The van der Waals surface area contributed by atoms with Gasteiger partial charge in [0.05, 0.1) is 0 Å². The second-order valence-corrected chi connectivity index (χ2v) is 17.2. The van der Waals surface area contributed by atoms with Gasteiger partial charge in [0.1, 0.15) is 0 Å². The predicted octanol–water partition coefficient (Wildman–Crippen LogP) is 12.6. The van der Waals surface area contributed by atoms with Crippen LogP contribution in [0.5, 0.6) is 0 Å². The average molecular weight is 833 g/mol. The molecule has 0 aliphatic rings. The van der Waals surface area contributed by atoms with Gasteiger partial charge >= 0.3 is 37.7 Å². The minimum Gasteiger partial charge on any atom is -0.550 e. The van der Waals surface area contributed by atoms with E-state index in [4.69, 9.17) is 0 Å². The molecule has 7 heteroatoms. The van der Waals surface area contributed by atoms with Gasteiger partial charge in [0.25, 0.3) is 0 Å². The van der Waals surface area contributed by atoms with Gasteiger partial charge in [0.15, 0.2) is 0 Å². The van der Waals surface area contributed by atoms with Crippen LogP contribution in [0.1, 0.15) is 272 Å². The van der Waals surface area contributed by atoms with Gasteiger partial charge in [0, 0.05) is 11.9 Å². The van der Waals surface area contributed by atoms with Gasteiger partial charge in [-0.1, -0.05) is 207 Å². The molecular weight excluding hydrogens is 733 g/mol. The first-order valence-corrected chi connectivity index (χ1v) is 25.2. The quantitative estimate of drug-likeness (QED) is 0.0448. The molecule has 0 aromatic rings. The molecule has 0 radical (unpaired) electrons. The van der Waals surface area contributed by atoms with E-state index in [1.807, 2.05) is 0 Å². The number of nitrogens with zero attached hydrogens (tertiary/aromatic N) is 2. The molecule has 0 saturated heterocycles. The number of carboxylic acids is 2. The van der Waals surface area contributed by atoms with Crippen molar-refractivity contribution in [3.05, 3.63) is 0 Å². The summed E-state index contributed by atoms with van der Waals surface area (Å²) in [5.74, 6) is -1.81. The van der Waals surface area contributed by atoms with Crippen molar-refractivity contribution in [1.82, 2.24) is 9.80 Å². The molecule has 0 heterocycles. The SMILES string of the molecule is CCCCCCCCCCN(CCCCCCCCCC)CCCCC(=O)[O-].CCCCCCCCCCN(CCCCCCCCCC)CCCCC(=O)[O-].[Ca+2]. The van der Waals surface area contributed by atoms with Gasteiger partial charge in [-0.05, 0) is 103 Å².